The maximum Gasteiger partial charge on any atom is 0.233 e. The first kappa shape index (κ1) is 18.0. The number of benzene rings is 2. The summed E-state index contributed by atoms with van der Waals surface area (Å²) in [7, 11) is 0. The summed E-state index contributed by atoms with van der Waals surface area (Å²) in [5.41, 5.74) is 4.99. The van der Waals surface area contributed by atoms with Crippen LogP contribution in [0.4, 0.5) is 5.88 Å². The van der Waals surface area contributed by atoms with Crippen molar-refractivity contribution >= 4 is 23.3 Å². The summed E-state index contributed by atoms with van der Waals surface area (Å²) in [5.74, 6) is 0.523. The highest BCUT2D eigenvalue weighted by molar-refractivity contribution is 6.30. The molecule has 1 aliphatic heterocycles. The third kappa shape index (κ3) is 2.93. The van der Waals surface area contributed by atoms with Crippen LogP contribution < -0.4 is 5.32 Å². The van der Waals surface area contributed by atoms with Gasteiger partial charge in [-0.3, -0.25) is 4.79 Å². The van der Waals surface area contributed by atoms with Gasteiger partial charge in [0.2, 0.25) is 5.88 Å². The highest BCUT2D eigenvalue weighted by Gasteiger charge is 2.41. The Morgan fingerprint density at radius 3 is 2.66 bits per heavy atom. The number of halogens is 1. The van der Waals surface area contributed by atoms with Crippen molar-refractivity contribution in [2.45, 2.75) is 31.6 Å². The van der Waals surface area contributed by atoms with Crippen LogP contribution in [0.2, 0.25) is 5.02 Å². The Hall–Kier alpha value is -3.05. The first-order valence-corrected chi connectivity index (χ1v) is 9.93. The monoisotopic (exact) mass is 406 g/mol. The first-order valence-electron chi connectivity index (χ1n) is 9.55. The zero-order valence-corrected chi connectivity index (χ0v) is 16.5. The Balaban J connectivity index is 1.63. The van der Waals surface area contributed by atoms with E-state index in [4.69, 9.17) is 16.1 Å². The number of hydrogen-bond donors (Lipinski definition) is 2. The van der Waals surface area contributed by atoms with Crippen molar-refractivity contribution in [3.63, 3.8) is 0 Å². The third-order valence-corrected chi connectivity index (χ3v) is 6.09. The minimum atomic E-state index is -0.248. The lowest BCUT2D eigenvalue weighted by Crippen LogP contribution is -2.29. The van der Waals surface area contributed by atoms with Crippen LogP contribution in [0.3, 0.4) is 0 Å². The second kappa shape index (κ2) is 6.78. The molecule has 0 bridgehead atoms. The second-order valence-electron chi connectivity index (χ2n) is 7.60. The average molecular weight is 407 g/mol. The van der Waals surface area contributed by atoms with Crippen LogP contribution in [0.5, 0.6) is 5.75 Å². The van der Waals surface area contributed by atoms with E-state index in [1.807, 2.05) is 43.3 Å². The molecule has 2 heterocycles. The van der Waals surface area contributed by atoms with Crippen LogP contribution in [-0.2, 0) is 4.79 Å². The van der Waals surface area contributed by atoms with Gasteiger partial charge >= 0.3 is 0 Å². The van der Waals surface area contributed by atoms with Crippen molar-refractivity contribution in [3.8, 4) is 5.75 Å². The number of carbonyl (C=O) groups is 1. The molecule has 6 heteroatoms. The molecule has 0 amide bonds. The van der Waals surface area contributed by atoms with Gasteiger partial charge in [-0.1, -0.05) is 47.1 Å². The van der Waals surface area contributed by atoms with Gasteiger partial charge in [-0.25, -0.2) is 0 Å². The number of nitrogens with zero attached hydrogens (tertiary/aromatic N) is 1. The molecule has 0 spiro atoms. The van der Waals surface area contributed by atoms with E-state index in [0.717, 1.165) is 33.7 Å². The van der Waals surface area contributed by atoms with Gasteiger partial charge in [0.15, 0.2) is 5.78 Å². The second-order valence-corrected chi connectivity index (χ2v) is 8.04. The molecule has 0 fully saturated rings. The highest BCUT2D eigenvalue weighted by Crippen LogP contribution is 2.49. The van der Waals surface area contributed by atoms with Gasteiger partial charge in [0.1, 0.15) is 5.75 Å². The lowest BCUT2D eigenvalue weighted by atomic mass is 9.72. The SMILES string of the molecule is Cc1noc2c1C(c1ccc(Cl)cc1)C1=C(CC(c3ccccc3O)CC1=O)N2. The molecule has 2 N–H and O–H groups in total. The molecule has 1 aliphatic carbocycles. The van der Waals surface area contributed by atoms with Crippen molar-refractivity contribution in [2.75, 3.05) is 5.32 Å². The summed E-state index contributed by atoms with van der Waals surface area (Å²) in [6.45, 7) is 1.89. The lowest BCUT2D eigenvalue weighted by molar-refractivity contribution is -0.116. The average Bonchev–Trinajstić information content (AvgIpc) is 3.08. The van der Waals surface area contributed by atoms with Crippen LogP contribution in [0.25, 0.3) is 0 Å². The number of phenols is 1. The fourth-order valence-electron chi connectivity index (χ4n) is 4.51. The van der Waals surface area contributed by atoms with Crippen LogP contribution in [0.15, 0.2) is 64.3 Å². The van der Waals surface area contributed by atoms with Crippen LogP contribution in [0, 0.1) is 6.92 Å². The summed E-state index contributed by atoms with van der Waals surface area (Å²) < 4.78 is 5.53. The fourth-order valence-corrected chi connectivity index (χ4v) is 4.64. The van der Waals surface area contributed by atoms with Crippen molar-refractivity contribution in [3.05, 3.63) is 87.2 Å². The van der Waals surface area contributed by atoms with Gasteiger partial charge in [-0.15, -0.1) is 0 Å². The van der Waals surface area contributed by atoms with Crippen molar-refractivity contribution in [1.82, 2.24) is 5.16 Å². The number of nitrogens with one attached hydrogen (secondary N) is 1. The molecule has 0 radical (unpaired) electrons. The fraction of sp³-hybridized carbons (Fsp3) is 0.217. The molecule has 2 aliphatic rings. The molecule has 3 aromatic rings. The quantitative estimate of drug-likeness (QED) is 0.604. The zero-order valence-electron chi connectivity index (χ0n) is 15.8. The Labute approximate surface area is 173 Å². The smallest absolute Gasteiger partial charge is 0.233 e. The van der Waals surface area contributed by atoms with Crippen molar-refractivity contribution < 1.29 is 14.4 Å². The zero-order chi connectivity index (χ0) is 20.1. The Morgan fingerprint density at radius 2 is 1.90 bits per heavy atom. The van der Waals surface area contributed by atoms with Gasteiger partial charge in [-0.2, -0.15) is 0 Å². The van der Waals surface area contributed by atoms with E-state index in [0.29, 0.717) is 23.7 Å². The molecule has 29 heavy (non-hydrogen) atoms. The van der Waals surface area contributed by atoms with Gasteiger partial charge in [-0.05, 0) is 42.7 Å². The van der Waals surface area contributed by atoms with Crippen LogP contribution in [-0.4, -0.2) is 16.0 Å². The van der Waals surface area contributed by atoms with E-state index >= 15 is 0 Å². The molecule has 1 aromatic heterocycles. The van der Waals surface area contributed by atoms with Gasteiger partial charge in [0, 0.05) is 34.5 Å². The number of Topliss-reactive ketones (excluding diaryl/α,β-unsaturated/α-hetero) is 1. The first-order chi connectivity index (χ1) is 14.0. The van der Waals surface area contributed by atoms with E-state index < -0.39 is 0 Å². The predicted octanol–water partition coefficient (Wildman–Crippen LogP) is 5.30. The number of phenolic OH excluding ortho intramolecular Hbond substituents is 1. The number of aryl methyl sites for hydroxylation is 1. The van der Waals surface area contributed by atoms with E-state index in [-0.39, 0.29) is 23.4 Å². The van der Waals surface area contributed by atoms with E-state index in [1.165, 1.54) is 0 Å². The number of aromatic hydroxyl groups is 1. The summed E-state index contributed by atoms with van der Waals surface area (Å²) in [6, 6.07) is 14.8. The molecular weight excluding hydrogens is 388 g/mol. The topological polar surface area (TPSA) is 75.4 Å². The molecular formula is C23H19ClN2O3. The number of rotatable bonds is 2. The number of fused-ring (bicyclic) bond motifs is 1. The number of hydrogen-bond acceptors (Lipinski definition) is 5. The molecule has 0 saturated heterocycles. The van der Waals surface area contributed by atoms with E-state index in [1.54, 1.807) is 12.1 Å². The molecule has 2 unspecified atom stereocenters. The lowest BCUT2D eigenvalue weighted by Gasteiger charge is -2.34. The Kier molecular flexibility index (Phi) is 4.21. The summed E-state index contributed by atoms with van der Waals surface area (Å²) in [4.78, 5) is 13.4. The van der Waals surface area contributed by atoms with Crippen LogP contribution >= 0.6 is 11.6 Å². The molecule has 5 rings (SSSR count). The maximum atomic E-state index is 13.4. The van der Waals surface area contributed by atoms with Crippen molar-refractivity contribution in [1.29, 1.82) is 0 Å². The standard InChI is InChI=1S/C23H19ClN2O3/c1-12-20-21(13-6-8-15(24)9-7-13)22-17(25-23(20)29-26-12)10-14(11-19(22)28)16-4-2-3-5-18(16)27/h2-9,14,21,25,27H,10-11H2,1H3. The minimum absolute atomic E-state index is 0.0678. The highest BCUT2D eigenvalue weighted by atomic mass is 35.5. The van der Waals surface area contributed by atoms with Gasteiger partial charge < -0.3 is 14.9 Å². The van der Waals surface area contributed by atoms with Crippen molar-refractivity contribution in [2.24, 2.45) is 0 Å². The minimum Gasteiger partial charge on any atom is -0.508 e. The number of para-hydroxylation sites is 1. The molecule has 146 valence electrons. The molecule has 5 nitrogen and oxygen atoms in total. The summed E-state index contributed by atoms with van der Waals surface area (Å²) >= 11 is 6.08. The number of ketones is 1. The third-order valence-electron chi connectivity index (χ3n) is 5.84. The maximum absolute atomic E-state index is 13.4. The van der Waals surface area contributed by atoms with Gasteiger partial charge in [0.25, 0.3) is 0 Å². The van der Waals surface area contributed by atoms with Gasteiger partial charge in [0.05, 0.1) is 11.3 Å². The number of anilines is 1. The normalized spacial score (nSPS) is 20.8. The van der Waals surface area contributed by atoms with E-state index in [2.05, 4.69) is 10.5 Å². The molecule has 2 aromatic carbocycles. The number of carbonyl (C=O) groups excluding carboxylic acids is 1. The molecule has 2 atom stereocenters. The molecule has 0 saturated carbocycles. The summed E-state index contributed by atoms with van der Waals surface area (Å²) in [5, 5.41) is 18.3. The predicted molar refractivity (Wildman–Crippen MR) is 110 cm³/mol. The number of aromatic nitrogens is 1. The Morgan fingerprint density at radius 1 is 1.14 bits per heavy atom. The summed E-state index contributed by atoms with van der Waals surface area (Å²) in [6.07, 6.45) is 0.962. The largest absolute Gasteiger partial charge is 0.508 e. The van der Waals surface area contributed by atoms with E-state index in [9.17, 15) is 9.90 Å². The van der Waals surface area contributed by atoms with Crippen LogP contribution in [0.1, 0.15) is 47.1 Å². The number of allylic oxidation sites excluding steroid dienone is 2. The Bertz CT molecular complexity index is 1150.